The lowest BCUT2D eigenvalue weighted by Crippen LogP contribution is -2.42. The van der Waals surface area contributed by atoms with Crippen LogP contribution in [0.3, 0.4) is 0 Å². The predicted molar refractivity (Wildman–Crippen MR) is 140 cm³/mol. The van der Waals surface area contributed by atoms with Gasteiger partial charge >= 0.3 is 18.9 Å². The molecule has 42 heavy (non-hydrogen) atoms. The van der Waals surface area contributed by atoms with Crippen molar-refractivity contribution in [1.29, 1.82) is 0 Å². The molecule has 2 heterocycles. The Morgan fingerprint density at radius 3 is 2.29 bits per heavy atom. The van der Waals surface area contributed by atoms with E-state index in [-0.39, 0.29) is 24.1 Å². The number of hydrogen-bond acceptors (Lipinski definition) is 5. The minimum absolute atomic E-state index is 0.0214. The van der Waals surface area contributed by atoms with Crippen molar-refractivity contribution in [1.82, 2.24) is 0 Å². The summed E-state index contributed by atoms with van der Waals surface area (Å²) in [5.41, 5.74) is 1.68. The molecule has 5 nitrogen and oxygen atoms in total. The van der Waals surface area contributed by atoms with Crippen LogP contribution in [0.5, 0.6) is 17.2 Å². The van der Waals surface area contributed by atoms with E-state index in [1.807, 2.05) is 18.7 Å². The third-order valence-electron chi connectivity index (χ3n) is 7.15. The van der Waals surface area contributed by atoms with E-state index in [1.165, 1.54) is 36.4 Å². The van der Waals surface area contributed by atoms with E-state index in [4.69, 9.17) is 9.47 Å². The lowest BCUT2D eigenvalue weighted by atomic mass is 9.97. The van der Waals surface area contributed by atoms with Crippen LogP contribution in [0, 0.1) is 0 Å². The molecule has 2 atom stereocenters. The molecule has 2 aliphatic heterocycles. The molecule has 2 aliphatic rings. The van der Waals surface area contributed by atoms with Gasteiger partial charge in [0, 0.05) is 12.1 Å². The zero-order chi connectivity index (χ0) is 30.3. The molecule has 0 spiro atoms. The van der Waals surface area contributed by atoms with Gasteiger partial charge in [-0.3, -0.25) is 0 Å². The summed E-state index contributed by atoms with van der Waals surface area (Å²) in [6, 6.07) is 15.7. The third-order valence-corrected chi connectivity index (χ3v) is 7.15. The topological polar surface area (TPSA) is 40.2 Å². The number of fused-ring (bicyclic) bond motifs is 1. The highest BCUT2D eigenvalue weighted by atomic mass is 19.4. The zero-order valence-electron chi connectivity index (χ0n) is 22.6. The summed E-state index contributed by atoms with van der Waals surface area (Å²) in [6.07, 6.45) is -12.2. The quantitative estimate of drug-likeness (QED) is 0.243. The zero-order valence-corrected chi connectivity index (χ0v) is 22.6. The van der Waals surface area contributed by atoms with Crippen LogP contribution in [-0.4, -0.2) is 43.8 Å². The molecular weight excluding hydrogens is 571 g/mol. The van der Waals surface area contributed by atoms with E-state index in [0.717, 1.165) is 12.8 Å². The molecule has 0 bridgehead atoms. The van der Waals surface area contributed by atoms with Gasteiger partial charge in [-0.05, 0) is 68.1 Å². The number of para-hydroxylation sites is 1. The maximum absolute atomic E-state index is 13.7. The van der Waals surface area contributed by atoms with Crippen LogP contribution in [0.1, 0.15) is 38.3 Å². The maximum atomic E-state index is 13.7. The Morgan fingerprint density at radius 1 is 0.929 bits per heavy atom. The molecule has 0 aliphatic carbocycles. The Morgan fingerprint density at radius 2 is 1.62 bits per heavy atom. The van der Waals surface area contributed by atoms with E-state index < -0.39 is 30.7 Å². The molecule has 0 radical (unpaired) electrons. The summed E-state index contributed by atoms with van der Waals surface area (Å²) in [7, 11) is 0. The van der Waals surface area contributed by atoms with Crippen molar-refractivity contribution >= 4 is 5.69 Å². The van der Waals surface area contributed by atoms with E-state index in [2.05, 4.69) is 9.47 Å². The first-order chi connectivity index (χ1) is 19.7. The average molecular weight is 600 g/mol. The number of ether oxygens (including phenoxy) is 4. The third kappa shape index (κ3) is 6.69. The normalized spacial score (nSPS) is 20.3. The molecule has 5 rings (SSSR count). The van der Waals surface area contributed by atoms with Gasteiger partial charge in [0.15, 0.2) is 5.75 Å². The van der Waals surface area contributed by atoms with Gasteiger partial charge in [0.2, 0.25) is 0 Å². The van der Waals surface area contributed by atoms with E-state index in [1.54, 1.807) is 30.3 Å². The molecule has 1 fully saturated rings. The van der Waals surface area contributed by atoms with Crippen molar-refractivity contribution in [3.63, 3.8) is 0 Å². The second-order valence-corrected chi connectivity index (χ2v) is 10.8. The van der Waals surface area contributed by atoms with Gasteiger partial charge < -0.3 is 23.8 Å². The van der Waals surface area contributed by atoms with Crippen LogP contribution in [-0.2, 0) is 4.74 Å². The minimum Gasteiger partial charge on any atom is -0.488 e. The summed E-state index contributed by atoms with van der Waals surface area (Å²) >= 11 is 0. The van der Waals surface area contributed by atoms with Crippen LogP contribution in [0.2, 0.25) is 0 Å². The first-order valence-corrected chi connectivity index (χ1v) is 13.2. The van der Waals surface area contributed by atoms with Gasteiger partial charge in [-0.15, -0.1) is 13.2 Å². The van der Waals surface area contributed by atoms with Gasteiger partial charge in [0.25, 0.3) is 0 Å². The van der Waals surface area contributed by atoms with Crippen molar-refractivity contribution in [3.8, 4) is 28.4 Å². The number of rotatable bonds is 8. The van der Waals surface area contributed by atoms with Crippen molar-refractivity contribution in [3.05, 3.63) is 72.3 Å². The summed E-state index contributed by atoms with van der Waals surface area (Å²) in [6.45, 7) is 4.36. The molecule has 0 N–H and O–H groups in total. The number of benzene rings is 3. The van der Waals surface area contributed by atoms with Gasteiger partial charge in [0.05, 0.1) is 23.4 Å². The highest BCUT2D eigenvalue weighted by Crippen LogP contribution is 2.47. The fraction of sp³-hybridized carbons (Fsp3) is 0.400. The fourth-order valence-corrected chi connectivity index (χ4v) is 5.33. The second kappa shape index (κ2) is 11.2. The van der Waals surface area contributed by atoms with Gasteiger partial charge in [-0.1, -0.05) is 36.4 Å². The number of nitrogens with zero attached hydrogens (tertiary/aromatic N) is 1. The molecule has 0 saturated carbocycles. The predicted octanol–water partition coefficient (Wildman–Crippen LogP) is 8.39. The highest BCUT2D eigenvalue weighted by Gasteiger charge is 2.44. The van der Waals surface area contributed by atoms with Crippen molar-refractivity contribution in [2.24, 2.45) is 0 Å². The first kappa shape index (κ1) is 29.8. The second-order valence-electron chi connectivity index (χ2n) is 10.8. The SMILES string of the molecule is CC1(C)CC[C@H](CN2c3cccc(-c4cccc(OC(F)(F)F)c4)c3OC[C@H]2c2cccc(OC(F)(F)C(F)F)c2)O1. The number of anilines is 1. The Balaban J connectivity index is 1.52. The van der Waals surface area contributed by atoms with Gasteiger partial charge in [0.1, 0.15) is 18.1 Å². The summed E-state index contributed by atoms with van der Waals surface area (Å²) < 4.78 is 112. The lowest BCUT2D eigenvalue weighted by molar-refractivity contribution is -0.274. The Labute approximate surface area is 237 Å². The van der Waals surface area contributed by atoms with E-state index in [9.17, 15) is 30.7 Å². The number of halogens is 7. The number of hydrogen-bond donors (Lipinski definition) is 0. The minimum atomic E-state index is -4.86. The monoisotopic (exact) mass is 599 g/mol. The van der Waals surface area contributed by atoms with Crippen molar-refractivity contribution in [2.75, 3.05) is 18.1 Å². The smallest absolute Gasteiger partial charge is 0.488 e. The lowest BCUT2D eigenvalue weighted by Gasteiger charge is -2.41. The molecule has 0 amide bonds. The van der Waals surface area contributed by atoms with E-state index >= 15 is 0 Å². The Bertz CT molecular complexity index is 1410. The molecule has 1 saturated heterocycles. The van der Waals surface area contributed by atoms with Crippen molar-refractivity contribution in [2.45, 2.75) is 63.3 Å². The van der Waals surface area contributed by atoms with Gasteiger partial charge in [-0.2, -0.15) is 17.6 Å². The highest BCUT2D eigenvalue weighted by molar-refractivity contribution is 5.80. The van der Waals surface area contributed by atoms with Crippen LogP contribution in [0.4, 0.5) is 36.4 Å². The first-order valence-electron chi connectivity index (χ1n) is 13.2. The Hall–Kier alpha value is -3.67. The molecule has 3 aromatic rings. The van der Waals surface area contributed by atoms with Crippen molar-refractivity contribution < 1.29 is 49.7 Å². The van der Waals surface area contributed by atoms with Crippen LogP contribution in [0.25, 0.3) is 11.1 Å². The summed E-state index contributed by atoms with van der Waals surface area (Å²) in [5, 5.41) is 0. The molecule has 0 aromatic heterocycles. The summed E-state index contributed by atoms with van der Waals surface area (Å²) in [4.78, 5) is 1.98. The van der Waals surface area contributed by atoms with Crippen LogP contribution < -0.4 is 19.1 Å². The molecule has 12 heteroatoms. The summed E-state index contributed by atoms with van der Waals surface area (Å²) in [5.74, 6) is -0.411. The maximum Gasteiger partial charge on any atom is 0.573 e. The Kier molecular flexibility index (Phi) is 7.95. The average Bonchev–Trinajstić information content (AvgIpc) is 3.25. The molecule has 0 unspecified atom stereocenters. The molecular formula is C30H28F7NO4. The molecule has 226 valence electrons. The number of alkyl halides is 7. The fourth-order valence-electron chi connectivity index (χ4n) is 5.33. The standard InChI is InChI=1S/C30H28F7NO4/c1-28(2)13-12-22(40-28)16-38-24-11-5-10-23(18-6-3-9-21(14-18)42-30(35,36)37)26(24)39-17-25(38)19-7-4-8-20(15-19)41-29(33,34)27(31)32/h3-11,14-15,22,25,27H,12-13,16-17H2,1-2H3/t22-,25+/m1/s1. The molecule has 3 aromatic carbocycles. The largest absolute Gasteiger partial charge is 0.573 e. The van der Waals surface area contributed by atoms with Crippen LogP contribution in [0.15, 0.2) is 66.7 Å². The van der Waals surface area contributed by atoms with Gasteiger partial charge in [-0.25, -0.2) is 0 Å². The van der Waals surface area contributed by atoms with E-state index in [0.29, 0.717) is 34.7 Å². The van der Waals surface area contributed by atoms with Crippen LogP contribution >= 0.6 is 0 Å².